The molecule has 0 bridgehead atoms. The summed E-state index contributed by atoms with van der Waals surface area (Å²) in [5, 5.41) is 16.7. The first-order valence-corrected chi connectivity index (χ1v) is 12.8. The number of rotatable bonds is 17. The summed E-state index contributed by atoms with van der Waals surface area (Å²) in [7, 11) is 0. The molecule has 0 fully saturated rings. The Labute approximate surface area is 196 Å². The fourth-order valence-electron chi connectivity index (χ4n) is 2.46. The van der Waals surface area contributed by atoms with Crippen molar-refractivity contribution < 1.29 is 24.3 Å². The lowest BCUT2D eigenvalue weighted by Crippen LogP contribution is -2.54. The number of guanidine groups is 1. The van der Waals surface area contributed by atoms with Gasteiger partial charge >= 0.3 is 5.97 Å². The van der Waals surface area contributed by atoms with Crippen LogP contribution >= 0.6 is 23.5 Å². The van der Waals surface area contributed by atoms with E-state index in [1.807, 2.05) is 12.5 Å². The minimum atomic E-state index is -1.14. The summed E-state index contributed by atoms with van der Waals surface area (Å²) < 4.78 is 0. The van der Waals surface area contributed by atoms with Crippen LogP contribution in [0.25, 0.3) is 0 Å². The van der Waals surface area contributed by atoms with E-state index in [0.29, 0.717) is 37.3 Å². The second-order valence-corrected chi connectivity index (χ2v) is 8.83. The Morgan fingerprint density at radius 3 is 2.06 bits per heavy atom. The number of aliphatic imine (C=N–C) groups is 1. The van der Waals surface area contributed by atoms with Crippen LogP contribution in [0.2, 0.25) is 0 Å². The zero-order valence-electron chi connectivity index (χ0n) is 18.5. The number of carboxylic acids is 1. The molecular formula is C18H35N7O5S2. The maximum atomic E-state index is 12.6. The molecule has 32 heavy (non-hydrogen) atoms. The molecule has 0 heterocycles. The topological polar surface area (TPSA) is 215 Å². The molecule has 0 saturated heterocycles. The van der Waals surface area contributed by atoms with Crippen molar-refractivity contribution in [3.8, 4) is 0 Å². The summed E-state index contributed by atoms with van der Waals surface area (Å²) in [5.74, 6) is -1.71. The second kappa shape index (κ2) is 17.4. The van der Waals surface area contributed by atoms with E-state index >= 15 is 0 Å². The smallest absolute Gasteiger partial charge is 0.326 e. The molecule has 3 atom stereocenters. The van der Waals surface area contributed by atoms with Gasteiger partial charge in [-0.3, -0.25) is 19.4 Å². The van der Waals surface area contributed by atoms with Gasteiger partial charge in [-0.2, -0.15) is 23.5 Å². The Kier molecular flexibility index (Phi) is 16.2. The van der Waals surface area contributed by atoms with E-state index in [0.717, 1.165) is 0 Å². The summed E-state index contributed by atoms with van der Waals surface area (Å²) in [4.78, 5) is 52.0. The van der Waals surface area contributed by atoms with Gasteiger partial charge in [0.15, 0.2) is 5.96 Å². The molecule has 0 aliphatic carbocycles. The van der Waals surface area contributed by atoms with Gasteiger partial charge in [0.05, 0.1) is 12.6 Å². The Hall–Kier alpha value is -2.19. The summed E-state index contributed by atoms with van der Waals surface area (Å²) in [6, 6.07) is -2.79. The highest BCUT2D eigenvalue weighted by Crippen LogP contribution is 2.05. The number of nitrogens with one attached hydrogen (secondary N) is 3. The average molecular weight is 494 g/mol. The van der Waals surface area contributed by atoms with Crippen molar-refractivity contribution in [1.82, 2.24) is 16.0 Å². The summed E-state index contributed by atoms with van der Waals surface area (Å²) in [6.07, 6.45) is 5.09. The van der Waals surface area contributed by atoms with Crippen molar-refractivity contribution >= 4 is 53.2 Å². The largest absolute Gasteiger partial charge is 0.480 e. The molecule has 0 radical (unpaired) electrons. The highest BCUT2D eigenvalue weighted by molar-refractivity contribution is 7.98. The van der Waals surface area contributed by atoms with E-state index in [1.165, 1.54) is 23.5 Å². The number of nitrogens with two attached hydrogens (primary N) is 3. The number of amides is 3. The van der Waals surface area contributed by atoms with Gasteiger partial charge in [-0.1, -0.05) is 0 Å². The first-order valence-electron chi connectivity index (χ1n) is 10.0. The molecule has 0 aliphatic heterocycles. The van der Waals surface area contributed by atoms with Crippen molar-refractivity contribution in [2.45, 2.75) is 43.8 Å². The van der Waals surface area contributed by atoms with Crippen molar-refractivity contribution in [1.29, 1.82) is 0 Å². The van der Waals surface area contributed by atoms with Crippen LogP contribution in [-0.2, 0) is 19.2 Å². The van der Waals surface area contributed by atoms with E-state index in [2.05, 4.69) is 20.9 Å². The van der Waals surface area contributed by atoms with E-state index in [1.54, 1.807) is 0 Å². The van der Waals surface area contributed by atoms with Crippen LogP contribution in [0.3, 0.4) is 0 Å². The molecule has 10 N–H and O–H groups in total. The summed E-state index contributed by atoms with van der Waals surface area (Å²) in [5.41, 5.74) is 16.2. The molecule has 3 amide bonds. The Morgan fingerprint density at radius 1 is 0.938 bits per heavy atom. The van der Waals surface area contributed by atoms with Gasteiger partial charge in [0.2, 0.25) is 17.7 Å². The molecule has 3 unspecified atom stereocenters. The summed E-state index contributed by atoms with van der Waals surface area (Å²) in [6.45, 7) is -0.0252. The third-order valence-corrected chi connectivity index (χ3v) is 5.50. The molecular weight excluding hydrogens is 458 g/mol. The highest BCUT2D eigenvalue weighted by Gasteiger charge is 2.26. The normalized spacial score (nSPS) is 13.3. The average Bonchev–Trinajstić information content (AvgIpc) is 2.74. The van der Waals surface area contributed by atoms with Crippen LogP contribution < -0.4 is 33.2 Å². The zero-order chi connectivity index (χ0) is 24.5. The molecule has 184 valence electrons. The van der Waals surface area contributed by atoms with Crippen LogP contribution in [0, 0.1) is 0 Å². The van der Waals surface area contributed by atoms with Gasteiger partial charge in [-0.25, -0.2) is 4.79 Å². The minimum absolute atomic E-state index is 0.0429. The first-order chi connectivity index (χ1) is 15.1. The van der Waals surface area contributed by atoms with Crippen LogP contribution in [0.1, 0.15) is 25.7 Å². The fourth-order valence-corrected chi connectivity index (χ4v) is 3.41. The quantitative estimate of drug-likeness (QED) is 0.0674. The van der Waals surface area contributed by atoms with Crippen LogP contribution in [0.15, 0.2) is 4.99 Å². The van der Waals surface area contributed by atoms with E-state index in [9.17, 15) is 24.3 Å². The highest BCUT2D eigenvalue weighted by atomic mass is 32.2. The van der Waals surface area contributed by atoms with Gasteiger partial charge in [-0.05, 0) is 49.7 Å². The second-order valence-electron chi connectivity index (χ2n) is 6.86. The maximum Gasteiger partial charge on any atom is 0.326 e. The van der Waals surface area contributed by atoms with Crippen molar-refractivity contribution in [2.75, 3.05) is 37.1 Å². The molecule has 12 nitrogen and oxygen atoms in total. The van der Waals surface area contributed by atoms with Crippen molar-refractivity contribution in [3.63, 3.8) is 0 Å². The zero-order valence-corrected chi connectivity index (χ0v) is 20.1. The standard InChI is InChI=1S/C18H35N7O5S2/c1-31-8-5-12(16(28)25-13(17(29)30)6-9-32-2)24-14(26)10-23-15(27)11(19)4-3-7-22-18(20)21/h11-13H,3-10,19H2,1-2H3,(H,23,27)(H,24,26)(H,25,28)(H,29,30)(H4,20,21,22). The lowest BCUT2D eigenvalue weighted by Gasteiger charge is -2.21. The van der Waals surface area contributed by atoms with Gasteiger partial charge in [0, 0.05) is 6.54 Å². The molecule has 0 spiro atoms. The number of carbonyl (C=O) groups excluding carboxylic acids is 3. The number of hydrogen-bond donors (Lipinski definition) is 7. The first kappa shape index (κ1) is 29.8. The summed E-state index contributed by atoms with van der Waals surface area (Å²) >= 11 is 2.96. The number of carboxylic acid groups (broad SMARTS) is 1. The number of aliphatic carboxylic acids is 1. The van der Waals surface area contributed by atoms with Crippen LogP contribution in [-0.4, -0.2) is 90.0 Å². The van der Waals surface area contributed by atoms with Crippen LogP contribution in [0.5, 0.6) is 0 Å². The predicted molar refractivity (Wildman–Crippen MR) is 128 cm³/mol. The van der Waals surface area contributed by atoms with Gasteiger partial charge in [-0.15, -0.1) is 0 Å². The van der Waals surface area contributed by atoms with Gasteiger partial charge in [0.1, 0.15) is 12.1 Å². The molecule has 0 aromatic heterocycles. The monoisotopic (exact) mass is 493 g/mol. The van der Waals surface area contributed by atoms with Gasteiger partial charge < -0.3 is 38.3 Å². The number of thioether (sulfide) groups is 2. The Balaban J connectivity index is 4.69. The van der Waals surface area contributed by atoms with E-state index in [-0.39, 0.29) is 18.9 Å². The lowest BCUT2D eigenvalue weighted by molar-refractivity contribution is -0.142. The molecule has 14 heteroatoms. The lowest BCUT2D eigenvalue weighted by atomic mass is 10.1. The Bertz CT molecular complexity index is 647. The molecule has 0 aliphatic rings. The maximum absolute atomic E-state index is 12.6. The molecule has 0 aromatic rings. The van der Waals surface area contributed by atoms with E-state index < -0.39 is 41.8 Å². The van der Waals surface area contributed by atoms with Gasteiger partial charge in [0.25, 0.3) is 0 Å². The third-order valence-electron chi connectivity index (χ3n) is 4.22. The minimum Gasteiger partial charge on any atom is -0.480 e. The van der Waals surface area contributed by atoms with Crippen molar-refractivity contribution in [2.24, 2.45) is 22.2 Å². The van der Waals surface area contributed by atoms with Crippen molar-refractivity contribution in [3.05, 3.63) is 0 Å². The molecule has 0 saturated carbocycles. The number of carbonyl (C=O) groups is 4. The number of hydrogen-bond acceptors (Lipinski definition) is 8. The molecule has 0 aromatic carbocycles. The molecule has 0 rings (SSSR count). The number of nitrogens with zero attached hydrogens (tertiary/aromatic N) is 1. The SMILES string of the molecule is CSCCC(NC(=O)C(CCSC)NC(=O)CNC(=O)C(N)CCCN=C(N)N)C(=O)O. The van der Waals surface area contributed by atoms with Crippen LogP contribution in [0.4, 0.5) is 0 Å². The van der Waals surface area contributed by atoms with E-state index in [4.69, 9.17) is 17.2 Å². The third kappa shape index (κ3) is 14.0. The predicted octanol–water partition coefficient (Wildman–Crippen LogP) is -1.96. The Morgan fingerprint density at radius 2 is 1.53 bits per heavy atom. The fraction of sp³-hybridized carbons (Fsp3) is 0.722.